The van der Waals surface area contributed by atoms with Gasteiger partial charge in [0.25, 0.3) is 6.47 Å². The van der Waals surface area contributed by atoms with Gasteiger partial charge in [0.1, 0.15) is 6.61 Å². The molecule has 0 aliphatic carbocycles. The molecule has 1 aromatic rings. The van der Waals surface area contributed by atoms with E-state index in [0.717, 1.165) is 32.5 Å². The molecular formula is C13H18N4O4. The number of carbonyl (C=O) groups excluding carboxylic acids is 1. The Balaban J connectivity index is 1.83. The summed E-state index contributed by atoms with van der Waals surface area (Å²) in [7, 11) is 0. The van der Waals surface area contributed by atoms with E-state index in [1.165, 1.54) is 6.07 Å². The van der Waals surface area contributed by atoms with Gasteiger partial charge in [0.2, 0.25) is 5.82 Å². The maximum Gasteiger partial charge on any atom is 0.311 e. The second kappa shape index (κ2) is 7.53. The van der Waals surface area contributed by atoms with E-state index in [9.17, 15) is 14.9 Å². The summed E-state index contributed by atoms with van der Waals surface area (Å²) < 4.78 is 4.68. The third kappa shape index (κ3) is 4.38. The molecule has 1 N–H and O–H groups in total. The van der Waals surface area contributed by atoms with Gasteiger partial charge >= 0.3 is 5.69 Å². The smallest absolute Gasteiger partial charge is 0.311 e. The van der Waals surface area contributed by atoms with Crippen LogP contribution in [0.15, 0.2) is 18.3 Å². The first-order chi connectivity index (χ1) is 10.2. The Kier molecular flexibility index (Phi) is 5.44. The Labute approximate surface area is 122 Å². The number of likely N-dealkylation sites (tertiary alicyclic amines) is 1. The molecule has 0 amide bonds. The van der Waals surface area contributed by atoms with Gasteiger partial charge < -0.3 is 10.1 Å². The number of rotatable bonds is 7. The van der Waals surface area contributed by atoms with Crippen LogP contribution in [-0.4, -0.2) is 53.6 Å². The first-order valence-electron chi connectivity index (χ1n) is 6.84. The Hall–Kier alpha value is -2.22. The average molecular weight is 294 g/mol. The topological polar surface area (TPSA) is 97.6 Å². The van der Waals surface area contributed by atoms with Gasteiger partial charge in [0.15, 0.2) is 0 Å². The SMILES string of the molecule is O=COCCN1CCC(Nc2ncccc2[N+](=O)[O-])CC1. The number of carbonyl (C=O) groups is 1. The van der Waals surface area contributed by atoms with Gasteiger partial charge in [0, 0.05) is 37.9 Å². The fourth-order valence-electron chi connectivity index (χ4n) is 2.38. The highest BCUT2D eigenvalue weighted by Crippen LogP contribution is 2.23. The molecule has 1 aliphatic heterocycles. The molecule has 1 aliphatic rings. The average Bonchev–Trinajstić information content (AvgIpc) is 2.50. The lowest BCUT2D eigenvalue weighted by molar-refractivity contribution is -0.384. The Morgan fingerprint density at radius 2 is 2.29 bits per heavy atom. The highest BCUT2D eigenvalue weighted by atomic mass is 16.6. The number of piperidine rings is 1. The third-order valence-electron chi connectivity index (χ3n) is 3.50. The Bertz CT molecular complexity index is 489. The van der Waals surface area contributed by atoms with Crippen molar-refractivity contribution in [1.29, 1.82) is 0 Å². The summed E-state index contributed by atoms with van der Waals surface area (Å²) >= 11 is 0. The first-order valence-corrected chi connectivity index (χ1v) is 6.84. The van der Waals surface area contributed by atoms with Crippen LogP contribution in [-0.2, 0) is 9.53 Å². The van der Waals surface area contributed by atoms with Crippen molar-refractivity contribution in [2.45, 2.75) is 18.9 Å². The molecule has 2 heterocycles. The van der Waals surface area contributed by atoms with E-state index < -0.39 is 4.92 Å². The molecule has 0 unspecified atom stereocenters. The second-order valence-electron chi connectivity index (χ2n) is 4.86. The van der Waals surface area contributed by atoms with E-state index in [1.807, 2.05) is 0 Å². The van der Waals surface area contributed by atoms with E-state index in [4.69, 9.17) is 0 Å². The molecule has 8 nitrogen and oxygen atoms in total. The van der Waals surface area contributed by atoms with E-state index in [-0.39, 0.29) is 11.7 Å². The third-order valence-corrected chi connectivity index (χ3v) is 3.50. The molecule has 0 bridgehead atoms. The number of nitrogens with zero attached hydrogens (tertiary/aromatic N) is 3. The summed E-state index contributed by atoms with van der Waals surface area (Å²) in [4.78, 5) is 26.8. The molecule has 1 aromatic heterocycles. The molecule has 1 saturated heterocycles. The van der Waals surface area contributed by atoms with Crippen molar-refractivity contribution in [2.75, 3.05) is 31.6 Å². The summed E-state index contributed by atoms with van der Waals surface area (Å²) in [5, 5.41) is 14.1. The van der Waals surface area contributed by atoms with Crippen LogP contribution in [0.3, 0.4) is 0 Å². The van der Waals surface area contributed by atoms with Gasteiger partial charge in [-0.25, -0.2) is 4.98 Å². The van der Waals surface area contributed by atoms with Crippen molar-refractivity contribution in [3.05, 3.63) is 28.4 Å². The molecular weight excluding hydrogens is 276 g/mol. The lowest BCUT2D eigenvalue weighted by Crippen LogP contribution is -2.40. The highest BCUT2D eigenvalue weighted by Gasteiger charge is 2.22. The number of ether oxygens (including phenoxy) is 1. The number of hydrogen-bond donors (Lipinski definition) is 1. The van der Waals surface area contributed by atoms with E-state index in [1.54, 1.807) is 12.3 Å². The van der Waals surface area contributed by atoms with Crippen molar-refractivity contribution in [3.63, 3.8) is 0 Å². The van der Waals surface area contributed by atoms with Crippen LogP contribution in [0.25, 0.3) is 0 Å². The fourth-order valence-corrected chi connectivity index (χ4v) is 2.38. The maximum absolute atomic E-state index is 10.9. The fraction of sp³-hybridized carbons (Fsp3) is 0.538. The normalized spacial score (nSPS) is 16.4. The molecule has 0 radical (unpaired) electrons. The van der Waals surface area contributed by atoms with Gasteiger partial charge in [-0.3, -0.25) is 19.8 Å². The zero-order chi connectivity index (χ0) is 15.1. The largest absolute Gasteiger partial charge is 0.467 e. The van der Waals surface area contributed by atoms with Gasteiger partial charge in [-0.05, 0) is 18.9 Å². The minimum Gasteiger partial charge on any atom is -0.467 e. The predicted molar refractivity (Wildman–Crippen MR) is 76.0 cm³/mol. The van der Waals surface area contributed by atoms with Gasteiger partial charge in [-0.1, -0.05) is 0 Å². The number of nitrogens with one attached hydrogen (secondary N) is 1. The van der Waals surface area contributed by atoms with Crippen LogP contribution >= 0.6 is 0 Å². The second-order valence-corrected chi connectivity index (χ2v) is 4.86. The lowest BCUT2D eigenvalue weighted by atomic mass is 10.1. The lowest BCUT2D eigenvalue weighted by Gasteiger charge is -2.32. The monoisotopic (exact) mass is 294 g/mol. The molecule has 2 rings (SSSR count). The molecule has 0 saturated carbocycles. The van der Waals surface area contributed by atoms with Crippen LogP contribution in [0.4, 0.5) is 11.5 Å². The zero-order valence-electron chi connectivity index (χ0n) is 11.6. The predicted octanol–water partition coefficient (Wildman–Crippen LogP) is 1.04. The van der Waals surface area contributed by atoms with E-state index in [2.05, 4.69) is 19.9 Å². The van der Waals surface area contributed by atoms with Crippen LogP contribution < -0.4 is 5.32 Å². The minimum atomic E-state index is -0.429. The molecule has 0 atom stereocenters. The standard InChI is InChI=1S/C13H18N4O4/c18-10-21-9-8-16-6-3-11(4-7-16)15-13-12(17(19)20)2-1-5-14-13/h1-2,5,10-11H,3-4,6-9H2,(H,14,15). The highest BCUT2D eigenvalue weighted by molar-refractivity contribution is 5.55. The van der Waals surface area contributed by atoms with Gasteiger partial charge in [-0.2, -0.15) is 0 Å². The van der Waals surface area contributed by atoms with Crippen molar-refractivity contribution in [3.8, 4) is 0 Å². The van der Waals surface area contributed by atoms with Crippen LogP contribution in [0.1, 0.15) is 12.8 Å². The zero-order valence-corrected chi connectivity index (χ0v) is 11.6. The number of nitro groups is 1. The van der Waals surface area contributed by atoms with Crippen molar-refractivity contribution in [2.24, 2.45) is 0 Å². The number of aromatic nitrogens is 1. The maximum atomic E-state index is 10.9. The molecule has 1 fully saturated rings. The molecule has 114 valence electrons. The quantitative estimate of drug-likeness (QED) is 0.347. The van der Waals surface area contributed by atoms with Crippen LogP contribution in [0.2, 0.25) is 0 Å². The van der Waals surface area contributed by atoms with Crippen molar-refractivity contribution < 1.29 is 14.5 Å². The summed E-state index contributed by atoms with van der Waals surface area (Å²) in [6, 6.07) is 3.17. The van der Waals surface area contributed by atoms with Crippen LogP contribution in [0.5, 0.6) is 0 Å². The Morgan fingerprint density at radius 3 is 2.95 bits per heavy atom. The van der Waals surface area contributed by atoms with E-state index >= 15 is 0 Å². The van der Waals surface area contributed by atoms with E-state index in [0.29, 0.717) is 18.9 Å². The number of hydrogen-bond acceptors (Lipinski definition) is 7. The summed E-state index contributed by atoms with van der Waals surface area (Å²) in [5.41, 5.74) is -0.000637. The van der Waals surface area contributed by atoms with Gasteiger partial charge in [-0.15, -0.1) is 0 Å². The Morgan fingerprint density at radius 1 is 1.52 bits per heavy atom. The summed E-state index contributed by atoms with van der Waals surface area (Å²) in [5.74, 6) is 0.324. The summed E-state index contributed by atoms with van der Waals surface area (Å²) in [6.07, 6.45) is 3.28. The minimum absolute atomic E-state index is 0.000637. The molecule has 8 heteroatoms. The molecule has 21 heavy (non-hydrogen) atoms. The molecule has 0 spiro atoms. The summed E-state index contributed by atoms with van der Waals surface area (Å²) in [6.45, 7) is 3.29. The van der Waals surface area contributed by atoms with Gasteiger partial charge in [0.05, 0.1) is 4.92 Å². The van der Waals surface area contributed by atoms with Crippen molar-refractivity contribution >= 4 is 18.0 Å². The number of anilines is 1. The number of pyridine rings is 1. The van der Waals surface area contributed by atoms with Crippen LogP contribution in [0, 0.1) is 10.1 Å². The van der Waals surface area contributed by atoms with Crippen molar-refractivity contribution in [1.82, 2.24) is 9.88 Å². The molecule has 0 aromatic carbocycles. The first kappa shape index (κ1) is 15.2.